The number of unbranched alkanes of at least 4 members (excludes halogenated alkanes) is 2. The van der Waals surface area contributed by atoms with Gasteiger partial charge in [-0.15, -0.1) is 0 Å². The van der Waals surface area contributed by atoms with Crippen LogP contribution in [-0.4, -0.2) is 72.8 Å². The number of hydrogen-bond acceptors (Lipinski definition) is 6. The van der Waals surface area contributed by atoms with Crippen LogP contribution in [0.1, 0.15) is 44.1 Å². The Balaban J connectivity index is 1.05. The Labute approximate surface area is 249 Å². The topological polar surface area (TPSA) is 94.1 Å². The fourth-order valence-corrected chi connectivity index (χ4v) is 5.19. The van der Waals surface area contributed by atoms with Crippen LogP contribution < -0.4 is 10.6 Å². The molecule has 4 rings (SSSR count). The minimum atomic E-state index is -0.429. The summed E-state index contributed by atoms with van der Waals surface area (Å²) in [5, 5.41) is 15.7. The van der Waals surface area contributed by atoms with Crippen LogP contribution in [0.2, 0.25) is 0 Å². The second-order valence-corrected chi connectivity index (χ2v) is 11.0. The molecule has 1 heterocycles. The molecular formula is C34H44N4O4. The molecule has 3 aromatic rings. The highest BCUT2D eigenvalue weighted by molar-refractivity contribution is 5.91. The Morgan fingerprint density at radius 2 is 1.64 bits per heavy atom. The highest BCUT2D eigenvalue weighted by atomic mass is 16.6. The van der Waals surface area contributed by atoms with Gasteiger partial charge < -0.3 is 25.0 Å². The van der Waals surface area contributed by atoms with Crippen LogP contribution in [0.15, 0.2) is 78.9 Å². The second-order valence-electron chi connectivity index (χ2n) is 11.0. The third-order valence-electron chi connectivity index (χ3n) is 7.74. The van der Waals surface area contributed by atoms with E-state index in [-0.39, 0.29) is 17.8 Å². The van der Waals surface area contributed by atoms with Crippen molar-refractivity contribution < 1.29 is 19.4 Å². The van der Waals surface area contributed by atoms with Gasteiger partial charge in [0.2, 0.25) is 5.91 Å². The van der Waals surface area contributed by atoms with E-state index < -0.39 is 6.09 Å². The van der Waals surface area contributed by atoms with E-state index in [1.807, 2.05) is 78.7 Å². The number of carbonyl (C=O) groups excluding carboxylic acids is 2. The summed E-state index contributed by atoms with van der Waals surface area (Å²) in [5.74, 6) is 0.464. The summed E-state index contributed by atoms with van der Waals surface area (Å²) in [4.78, 5) is 29.4. The van der Waals surface area contributed by atoms with Gasteiger partial charge in [-0.1, -0.05) is 67.1 Å². The zero-order chi connectivity index (χ0) is 29.6. The number of benzene rings is 3. The van der Waals surface area contributed by atoms with Gasteiger partial charge in [-0.2, -0.15) is 0 Å². The van der Waals surface area contributed by atoms with Gasteiger partial charge in [0.05, 0.1) is 5.69 Å². The molecule has 0 spiro atoms. The number of phenolic OH excluding ortho intramolecular Hbond substituents is 1. The van der Waals surface area contributed by atoms with Crippen LogP contribution in [0.3, 0.4) is 0 Å². The molecule has 0 aliphatic carbocycles. The molecule has 2 amide bonds. The summed E-state index contributed by atoms with van der Waals surface area (Å²) >= 11 is 0. The van der Waals surface area contributed by atoms with Gasteiger partial charge in [0.25, 0.3) is 0 Å². The third-order valence-corrected chi connectivity index (χ3v) is 7.74. The Bertz CT molecular complexity index is 1240. The molecule has 1 saturated heterocycles. The smallest absolute Gasteiger partial charge is 0.411 e. The summed E-state index contributed by atoms with van der Waals surface area (Å²) in [5.41, 5.74) is 3.88. The number of anilines is 1. The molecule has 42 heavy (non-hydrogen) atoms. The number of nitrogens with one attached hydrogen (secondary N) is 2. The Morgan fingerprint density at radius 1 is 0.929 bits per heavy atom. The van der Waals surface area contributed by atoms with Gasteiger partial charge in [-0.05, 0) is 61.6 Å². The summed E-state index contributed by atoms with van der Waals surface area (Å²) < 4.78 is 5.74. The molecule has 1 aliphatic heterocycles. The van der Waals surface area contributed by atoms with Crippen molar-refractivity contribution in [2.24, 2.45) is 0 Å². The molecule has 0 unspecified atom stereocenters. The highest BCUT2D eigenvalue weighted by Gasteiger charge is 2.23. The number of aromatic hydroxyl groups is 1. The number of hydrogen-bond donors (Lipinski definition) is 3. The molecule has 0 atom stereocenters. The van der Waals surface area contributed by atoms with Crippen molar-refractivity contribution in [3.63, 3.8) is 0 Å². The van der Waals surface area contributed by atoms with E-state index in [1.165, 1.54) is 0 Å². The average molecular weight is 573 g/mol. The van der Waals surface area contributed by atoms with E-state index in [9.17, 15) is 14.7 Å². The first-order valence-electron chi connectivity index (χ1n) is 15.0. The summed E-state index contributed by atoms with van der Waals surface area (Å²) in [6, 6.07) is 25.0. The first-order chi connectivity index (χ1) is 20.5. The molecule has 3 N–H and O–H groups in total. The zero-order valence-corrected chi connectivity index (χ0v) is 24.6. The van der Waals surface area contributed by atoms with Gasteiger partial charge in [-0.3, -0.25) is 10.1 Å². The number of amides is 2. The van der Waals surface area contributed by atoms with E-state index in [0.717, 1.165) is 93.8 Å². The Morgan fingerprint density at radius 3 is 2.40 bits per heavy atom. The molecule has 224 valence electrons. The molecule has 1 fully saturated rings. The maximum Gasteiger partial charge on any atom is 0.411 e. The van der Waals surface area contributed by atoms with Crippen molar-refractivity contribution in [3.05, 3.63) is 84.4 Å². The number of nitrogens with zero attached hydrogens (tertiary/aromatic N) is 2. The summed E-state index contributed by atoms with van der Waals surface area (Å²) in [7, 11) is 1.89. The highest BCUT2D eigenvalue weighted by Crippen LogP contribution is 2.28. The van der Waals surface area contributed by atoms with E-state index in [1.54, 1.807) is 12.1 Å². The molecule has 3 aromatic carbocycles. The van der Waals surface area contributed by atoms with Crippen molar-refractivity contribution in [2.45, 2.75) is 51.2 Å². The maximum absolute atomic E-state index is 12.7. The summed E-state index contributed by atoms with van der Waals surface area (Å²) in [6.07, 6.45) is 4.60. The molecule has 0 bridgehead atoms. The van der Waals surface area contributed by atoms with Crippen LogP contribution in [0, 0.1) is 0 Å². The first kappa shape index (κ1) is 31.1. The van der Waals surface area contributed by atoms with Crippen molar-refractivity contribution in [2.75, 3.05) is 45.1 Å². The standard InChI is InChI=1S/C34H44N4O4/c1-37(22-9-3-8-21-35-26-27-14-16-29(39)17-15-27)33(40)20-25-38-23-18-30(19-24-38)42-34(41)36-32-13-7-6-12-31(32)28-10-4-2-5-11-28/h2,4-7,10-17,30,35,39H,3,8-9,18-26H2,1H3,(H,36,41). The fraction of sp³-hybridized carbons (Fsp3) is 0.412. The van der Waals surface area contributed by atoms with Crippen molar-refractivity contribution in [1.82, 2.24) is 15.1 Å². The molecule has 1 aliphatic rings. The van der Waals surface area contributed by atoms with Gasteiger partial charge in [-0.25, -0.2) is 4.79 Å². The lowest BCUT2D eigenvalue weighted by atomic mass is 10.0. The van der Waals surface area contributed by atoms with Crippen LogP contribution in [0.4, 0.5) is 10.5 Å². The van der Waals surface area contributed by atoms with E-state index in [2.05, 4.69) is 15.5 Å². The molecule has 0 saturated carbocycles. The zero-order valence-electron chi connectivity index (χ0n) is 24.6. The minimum absolute atomic E-state index is 0.126. The maximum atomic E-state index is 12.7. The van der Waals surface area contributed by atoms with E-state index >= 15 is 0 Å². The minimum Gasteiger partial charge on any atom is -0.508 e. The molecule has 0 radical (unpaired) electrons. The van der Waals surface area contributed by atoms with Crippen LogP contribution >= 0.6 is 0 Å². The molecule has 8 heteroatoms. The fourth-order valence-electron chi connectivity index (χ4n) is 5.19. The Kier molecular flexibility index (Phi) is 12.2. The van der Waals surface area contributed by atoms with Gasteiger partial charge in [0.15, 0.2) is 0 Å². The van der Waals surface area contributed by atoms with Crippen molar-refractivity contribution >= 4 is 17.7 Å². The monoisotopic (exact) mass is 572 g/mol. The summed E-state index contributed by atoms with van der Waals surface area (Å²) in [6.45, 7) is 4.85. The predicted molar refractivity (Wildman–Crippen MR) is 167 cm³/mol. The quantitative estimate of drug-likeness (QED) is 0.209. The lowest BCUT2D eigenvalue weighted by molar-refractivity contribution is -0.130. The third kappa shape index (κ3) is 10.2. The van der Waals surface area contributed by atoms with Gasteiger partial charge in [0, 0.05) is 51.8 Å². The number of likely N-dealkylation sites (tertiary alicyclic amines) is 1. The molecule has 0 aromatic heterocycles. The number of phenols is 1. The van der Waals surface area contributed by atoms with Crippen LogP contribution in [0.5, 0.6) is 5.75 Å². The number of ether oxygens (including phenoxy) is 1. The molecular weight excluding hydrogens is 528 g/mol. The normalized spacial score (nSPS) is 13.9. The van der Waals surface area contributed by atoms with Gasteiger partial charge in [0.1, 0.15) is 11.9 Å². The number of rotatable bonds is 14. The lowest BCUT2D eigenvalue weighted by Gasteiger charge is -2.31. The number of piperidine rings is 1. The largest absolute Gasteiger partial charge is 0.508 e. The number of para-hydroxylation sites is 1. The van der Waals surface area contributed by atoms with Crippen LogP contribution in [-0.2, 0) is 16.1 Å². The first-order valence-corrected chi connectivity index (χ1v) is 15.0. The molecule has 8 nitrogen and oxygen atoms in total. The van der Waals surface area contributed by atoms with E-state index in [4.69, 9.17) is 4.74 Å². The predicted octanol–water partition coefficient (Wildman–Crippen LogP) is 5.88. The average Bonchev–Trinajstić information content (AvgIpc) is 3.01. The SMILES string of the molecule is CN(CCCCCNCc1ccc(O)cc1)C(=O)CCN1CCC(OC(=O)Nc2ccccc2-c2ccccc2)CC1. The Hall–Kier alpha value is -3.88. The van der Waals surface area contributed by atoms with E-state index in [0.29, 0.717) is 6.42 Å². The second kappa shape index (κ2) is 16.5. The van der Waals surface area contributed by atoms with Crippen molar-refractivity contribution in [1.29, 1.82) is 0 Å². The lowest BCUT2D eigenvalue weighted by Crippen LogP contribution is -2.40. The van der Waals surface area contributed by atoms with Gasteiger partial charge >= 0.3 is 6.09 Å². The van der Waals surface area contributed by atoms with Crippen molar-refractivity contribution in [3.8, 4) is 16.9 Å². The van der Waals surface area contributed by atoms with Crippen LogP contribution in [0.25, 0.3) is 11.1 Å². The number of carbonyl (C=O) groups is 2.